The number of imidazole rings is 1. The molecule has 1 fully saturated rings. The van der Waals surface area contributed by atoms with Crippen LogP contribution in [0.2, 0.25) is 0 Å². The summed E-state index contributed by atoms with van der Waals surface area (Å²) >= 11 is 0. The van der Waals surface area contributed by atoms with Crippen LogP contribution in [0.1, 0.15) is 55.7 Å². The fourth-order valence-corrected chi connectivity index (χ4v) is 3.17. The van der Waals surface area contributed by atoms with Gasteiger partial charge in [-0.05, 0) is 52.5 Å². The van der Waals surface area contributed by atoms with Crippen molar-refractivity contribution in [3.8, 4) is 5.95 Å². The minimum Gasteiger partial charge on any atom is -0.376 e. The molecule has 152 valence electrons. The lowest BCUT2D eigenvalue weighted by Crippen LogP contribution is -2.40. The Bertz CT molecular complexity index is 783. The minimum atomic E-state index is -0.275. The zero-order chi connectivity index (χ0) is 20.1. The van der Waals surface area contributed by atoms with Crippen LogP contribution in [0.3, 0.4) is 0 Å². The van der Waals surface area contributed by atoms with E-state index in [-0.39, 0.29) is 23.7 Å². The Kier molecular flexibility index (Phi) is 6.41. The number of carbonyl (C=O) groups excluding carboxylic acids is 1. The van der Waals surface area contributed by atoms with Gasteiger partial charge in [0.15, 0.2) is 0 Å². The van der Waals surface area contributed by atoms with E-state index < -0.39 is 0 Å². The standard InChI is InChI=1S/C20H29N5O3/c1-14-11-17(24-19(22-14)25-10-9-21-13-25)18(26)23-15-5-7-16(8-6-15)28-12-20(2,3)27-4/h9-11,13,15-16H,5-8,12H2,1-4H3,(H,23,26)/t15-,16-. The number of ether oxygens (including phenoxy) is 2. The normalized spacial score (nSPS) is 20.1. The van der Waals surface area contributed by atoms with Crippen LogP contribution in [0.15, 0.2) is 24.8 Å². The molecule has 0 aliphatic heterocycles. The van der Waals surface area contributed by atoms with E-state index in [1.807, 2.05) is 20.8 Å². The van der Waals surface area contributed by atoms with E-state index in [4.69, 9.17) is 9.47 Å². The maximum atomic E-state index is 12.7. The Morgan fingerprint density at radius 3 is 2.68 bits per heavy atom. The number of hydrogen-bond acceptors (Lipinski definition) is 6. The van der Waals surface area contributed by atoms with Crippen molar-refractivity contribution in [3.63, 3.8) is 0 Å². The van der Waals surface area contributed by atoms with Gasteiger partial charge in [-0.1, -0.05) is 0 Å². The summed E-state index contributed by atoms with van der Waals surface area (Å²) in [5, 5.41) is 3.10. The quantitative estimate of drug-likeness (QED) is 0.785. The third-order valence-corrected chi connectivity index (χ3v) is 5.04. The lowest BCUT2D eigenvalue weighted by atomic mass is 9.92. The van der Waals surface area contributed by atoms with E-state index >= 15 is 0 Å². The van der Waals surface area contributed by atoms with Gasteiger partial charge >= 0.3 is 0 Å². The Labute approximate surface area is 165 Å². The summed E-state index contributed by atoms with van der Waals surface area (Å²) in [6.45, 7) is 6.45. The van der Waals surface area contributed by atoms with Gasteiger partial charge in [-0.15, -0.1) is 0 Å². The van der Waals surface area contributed by atoms with Crippen molar-refractivity contribution in [2.45, 2.75) is 64.2 Å². The van der Waals surface area contributed by atoms with Crippen LogP contribution in [0.25, 0.3) is 5.95 Å². The molecule has 1 amide bonds. The third kappa shape index (κ3) is 5.36. The molecule has 0 spiro atoms. The minimum absolute atomic E-state index is 0.134. The number of hydrogen-bond donors (Lipinski definition) is 1. The van der Waals surface area contributed by atoms with Crippen molar-refractivity contribution in [1.82, 2.24) is 24.8 Å². The summed E-state index contributed by atoms with van der Waals surface area (Å²) in [6, 6.07) is 1.84. The topological polar surface area (TPSA) is 91.2 Å². The maximum Gasteiger partial charge on any atom is 0.270 e. The fourth-order valence-electron chi connectivity index (χ4n) is 3.17. The number of aromatic nitrogens is 4. The highest BCUT2D eigenvalue weighted by Crippen LogP contribution is 2.23. The highest BCUT2D eigenvalue weighted by molar-refractivity contribution is 5.92. The van der Waals surface area contributed by atoms with Crippen LogP contribution in [0.5, 0.6) is 0 Å². The molecule has 1 N–H and O–H groups in total. The number of methoxy groups -OCH3 is 1. The highest BCUT2D eigenvalue weighted by atomic mass is 16.5. The van der Waals surface area contributed by atoms with Gasteiger partial charge in [0.05, 0.1) is 18.3 Å². The molecule has 1 aliphatic rings. The summed E-state index contributed by atoms with van der Waals surface area (Å²) in [5.74, 6) is 0.275. The zero-order valence-corrected chi connectivity index (χ0v) is 17.0. The monoisotopic (exact) mass is 387 g/mol. The Morgan fingerprint density at radius 1 is 1.29 bits per heavy atom. The SMILES string of the molecule is COC(C)(C)CO[C@H]1CC[C@H](NC(=O)c2cc(C)nc(-n3ccnc3)n2)CC1. The van der Waals surface area contributed by atoms with Crippen molar-refractivity contribution in [3.05, 3.63) is 36.2 Å². The first-order valence-electron chi connectivity index (χ1n) is 9.68. The smallest absolute Gasteiger partial charge is 0.270 e. The predicted octanol–water partition coefficient (Wildman–Crippen LogP) is 2.45. The average Bonchev–Trinajstić information content (AvgIpc) is 3.22. The first-order valence-corrected chi connectivity index (χ1v) is 9.68. The molecule has 1 saturated carbocycles. The van der Waals surface area contributed by atoms with Crippen LogP contribution in [-0.4, -0.2) is 56.9 Å². The van der Waals surface area contributed by atoms with Crippen LogP contribution in [0, 0.1) is 6.92 Å². The maximum absolute atomic E-state index is 12.7. The molecule has 28 heavy (non-hydrogen) atoms. The van der Waals surface area contributed by atoms with Gasteiger partial charge in [-0.2, -0.15) is 0 Å². The number of carbonyl (C=O) groups is 1. The second-order valence-corrected chi connectivity index (χ2v) is 7.89. The van der Waals surface area contributed by atoms with Crippen molar-refractivity contribution < 1.29 is 14.3 Å². The fraction of sp³-hybridized carbons (Fsp3) is 0.600. The number of nitrogens with zero attached hydrogens (tertiary/aromatic N) is 4. The summed E-state index contributed by atoms with van der Waals surface area (Å²) in [4.78, 5) is 25.4. The average molecular weight is 387 g/mol. The number of amides is 1. The van der Waals surface area contributed by atoms with Crippen LogP contribution in [-0.2, 0) is 9.47 Å². The molecule has 8 heteroatoms. The molecule has 0 atom stereocenters. The van der Waals surface area contributed by atoms with Gasteiger partial charge < -0.3 is 14.8 Å². The lowest BCUT2D eigenvalue weighted by molar-refractivity contribution is -0.0833. The van der Waals surface area contributed by atoms with Crippen LogP contribution in [0.4, 0.5) is 0 Å². The number of nitrogens with one attached hydrogen (secondary N) is 1. The van der Waals surface area contributed by atoms with Gasteiger partial charge in [0.25, 0.3) is 5.91 Å². The van der Waals surface area contributed by atoms with Crippen molar-refractivity contribution >= 4 is 5.91 Å². The third-order valence-electron chi connectivity index (χ3n) is 5.04. The molecule has 0 bridgehead atoms. The second kappa shape index (κ2) is 8.79. The molecule has 1 aliphatic carbocycles. The number of rotatable bonds is 7. The molecule has 0 radical (unpaired) electrons. The van der Waals surface area contributed by atoms with Gasteiger partial charge in [0, 0.05) is 31.2 Å². The lowest BCUT2D eigenvalue weighted by Gasteiger charge is -2.31. The molecule has 0 saturated heterocycles. The highest BCUT2D eigenvalue weighted by Gasteiger charge is 2.26. The molecule has 2 aromatic rings. The molecule has 0 unspecified atom stereocenters. The van der Waals surface area contributed by atoms with E-state index in [0.717, 1.165) is 31.4 Å². The molecular formula is C20H29N5O3. The zero-order valence-electron chi connectivity index (χ0n) is 17.0. The molecule has 2 aromatic heterocycles. The summed E-state index contributed by atoms with van der Waals surface area (Å²) in [7, 11) is 1.70. The van der Waals surface area contributed by atoms with Crippen molar-refractivity contribution in [2.24, 2.45) is 0 Å². The van der Waals surface area contributed by atoms with Gasteiger partial charge in [-0.3, -0.25) is 9.36 Å². The number of aryl methyl sites for hydroxylation is 1. The summed E-state index contributed by atoms with van der Waals surface area (Å²) in [6.07, 6.45) is 8.87. The molecular weight excluding hydrogens is 358 g/mol. The molecule has 0 aromatic carbocycles. The van der Waals surface area contributed by atoms with E-state index in [1.165, 1.54) is 0 Å². The largest absolute Gasteiger partial charge is 0.376 e. The predicted molar refractivity (Wildman–Crippen MR) is 104 cm³/mol. The molecule has 8 nitrogen and oxygen atoms in total. The van der Waals surface area contributed by atoms with Crippen molar-refractivity contribution in [1.29, 1.82) is 0 Å². The van der Waals surface area contributed by atoms with E-state index in [2.05, 4.69) is 20.3 Å². The molecule has 3 rings (SSSR count). The Hall–Kier alpha value is -2.32. The summed E-state index contributed by atoms with van der Waals surface area (Å²) < 4.78 is 13.1. The van der Waals surface area contributed by atoms with E-state index in [9.17, 15) is 4.79 Å². The van der Waals surface area contributed by atoms with Crippen molar-refractivity contribution in [2.75, 3.05) is 13.7 Å². The second-order valence-electron chi connectivity index (χ2n) is 7.89. The van der Waals surface area contributed by atoms with E-state index in [1.54, 1.807) is 36.5 Å². The first-order chi connectivity index (χ1) is 13.4. The van der Waals surface area contributed by atoms with Crippen LogP contribution < -0.4 is 5.32 Å². The summed E-state index contributed by atoms with van der Waals surface area (Å²) in [5.41, 5.74) is 0.834. The van der Waals surface area contributed by atoms with Gasteiger partial charge in [0.1, 0.15) is 12.0 Å². The Morgan fingerprint density at radius 2 is 2.04 bits per heavy atom. The first kappa shape index (κ1) is 20.4. The van der Waals surface area contributed by atoms with Crippen LogP contribution >= 0.6 is 0 Å². The Balaban J connectivity index is 1.54. The van der Waals surface area contributed by atoms with Gasteiger partial charge in [0.2, 0.25) is 5.95 Å². The molecule has 2 heterocycles. The van der Waals surface area contributed by atoms with E-state index in [0.29, 0.717) is 18.2 Å². The van der Waals surface area contributed by atoms with Gasteiger partial charge in [-0.25, -0.2) is 15.0 Å².